The number of oxazole rings is 1. The van der Waals surface area contributed by atoms with E-state index in [0.717, 1.165) is 24.5 Å². The van der Waals surface area contributed by atoms with Crippen LogP contribution in [0.3, 0.4) is 0 Å². The van der Waals surface area contributed by atoms with E-state index in [9.17, 15) is 4.79 Å². The number of anilines is 2. The molecular weight excluding hydrogens is 254 g/mol. The SMILES string of the molecule is CCN(CC)c1ccc(NC(=O)Cc2cocn2)cc1. The molecule has 0 aliphatic carbocycles. The van der Waals surface area contributed by atoms with E-state index in [1.807, 2.05) is 24.3 Å². The van der Waals surface area contributed by atoms with Crippen LogP contribution in [0.1, 0.15) is 19.5 Å². The molecular formula is C15H19N3O2. The molecule has 0 fully saturated rings. The van der Waals surface area contributed by atoms with Crippen molar-refractivity contribution in [3.8, 4) is 0 Å². The van der Waals surface area contributed by atoms with Crippen molar-refractivity contribution in [3.05, 3.63) is 42.6 Å². The fraction of sp³-hybridized carbons (Fsp3) is 0.333. The van der Waals surface area contributed by atoms with E-state index in [0.29, 0.717) is 5.69 Å². The Hall–Kier alpha value is -2.30. The molecule has 0 radical (unpaired) electrons. The van der Waals surface area contributed by atoms with Gasteiger partial charge in [-0.15, -0.1) is 0 Å². The van der Waals surface area contributed by atoms with Crippen LogP contribution in [0.25, 0.3) is 0 Å². The van der Waals surface area contributed by atoms with Gasteiger partial charge < -0.3 is 14.6 Å². The van der Waals surface area contributed by atoms with Crippen LogP contribution in [0.5, 0.6) is 0 Å². The first-order valence-electron chi connectivity index (χ1n) is 6.74. The van der Waals surface area contributed by atoms with Crippen molar-refractivity contribution < 1.29 is 9.21 Å². The Bertz CT molecular complexity index is 531. The van der Waals surface area contributed by atoms with E-state index < -0.39 is 0 Å². The Kier molecular flexibility index (Phi) is 4.76. The lowest BCUT2D eigenvalue weighted by Crippen LogP contribution is -2.21. The molecule has 1 aromatic carbocycles. The second kappa shape index (κ2) is 6.75. The minimum Gasteiger partial charge on any atom is -0.451 e. The Morgan fingerprint density at radius 2 is 1.95 bits per heavy atom. The highest BCUT2D eigenvalue weighted by Crippen LogP contribution is 2.17. The van der Waals surface area contributed by atoms with E-state index in [1.165, 1.54) is 12.7 Å². The third-order valence-electron chi connectivity index (χ3n) is 3.10. The molecule has 106 valence electrons. The molecule has 0 aliphatic rings. The first kappa shape index (κ1) is 14.1. The smallest absolute Gasteiger partial charge is 0.230 e. The van der Waals surface area contributed by atoms with Crippen molar-refractivity contribution in [1.29, 1.82) is 0 Å². The summed E-state index contributed by atoms with van der Waals surface area (Å²) in [4.78, 5) is 18.0. The van der Waals surface area contributed by atoms with E-state index in [2.05, 4.69) is 29.0 Å². The molecule has 20 heavy (non-hydrogen) atoms. The summed E-state index contributed by atoms with van der Waals surface area (Å²) in [6.45, 7) is 6.18. The maximum atomic E-state index is 11.8. The van der Waals surface area contributed by atoms with Crippen LogP contribution in [0.15, 0.2) is 41.3 Å². The van der Waals surface area contributed by atoms with Crippen molar-refractivity contribution >= 4 is 17.3 Å². The van der Waals surface area contributed by atoms with Gasteiger partial charge in [-0.3, -0.25) is 4.79 Å². The molecule has 0 spiro atoms. The maximum absolute atomic E-state index is 11.8. The van der Waals surface area contributed by atoms with Crippen molar-refractivity contribution in [2.24, 2.45) is 0 Å². The highest BCUT2D eigenvalue weighted by atomic mass is 16.3. The lowest BCUT2D eigenvalue weighted by atomic mass is 10.2. The van der Waals surface area contributed by atoms with Crippen LogP contribution < -0.4 is 10.2 Å². The maximum Gasteiger partial charge on any atom is 0.230 e. The number of nitrogens with zero attached hydrogens (tertiary/aromatic N) is 2. The molecule has 1 N–H and O–H groups in total. The fourth-order valence-electron chi connectivity index (χ4n) is 2.04. The van der Waals surface area contributed by atoms with Crippen LogP contribution in [-0.4, -0.2) is 24.0 Å². The highest BCUT2D eigenvalue weighted by Gasteiger charge is 2.07. The van der Waals surface area contributed by atoms with Gasteiger partial charge in [-0.25, -0.2) is 4.98 Å². The molecule has 1 aromatic heterocycles. The number of aromatic nitrogens is 1. The summed E-state index contributed by atoms with van der Waals surface area (Å²) >= 11 is 0. The van der Waals surface area contributed by atoms with Gasteiger partial charge in [-0.2, -0.15) is 0 Å². The monoisotopic (exact) mass is 273 g/mol. The van der Waals surface area contributed by atoms with Crippen molar-refractivity contribution in [2.75, 3.05) is 23.3 Å². The zero-order valence-electron chi connectivity index (χ0n) is 11.8. The summed E-state index contributed by atoms with van der Waals surface area (Å²) in [6, 6.07) is 7.85. The van der Waals surface area contributed by atoms with Crippen LogP contribution in [0.4, 0.5) is 11.4 Å². The molecule has 0 atom stereocenters. The number of carbonyl (C=O) groups excluding carboxylic acids is 1. The van der Waals surface area contributed by atoms with E-state index in [-0.39, 0.29) is 12.3 Å². The minimum absolute atomic E-state index is 0.102. The predicted molar refractivity (Wildman–Crippen MR) is 78.8 cm³/mol. The molecule has 0 unspecified atom stereocenters. The second-order valence-corrected chi connectivity index (χ2v) is 4.42. The van der Waals surface area contributed by atoms with Gasteiger partial charge in [0.2, 0.25) is 5.91 Å². The first-order chi connectivity index (χ1) is 9.72. The average molecular weight is 273 g/mol. The van der Waals surface area contributed by atoms with Gasteiger partial charge in [0.25, 0.3) is 0 Å². The lowest BCUT2D eigenvalue weighted by molar-refractivity contribution is -0.115. The second-order valence-electron chi connectivity index (χ2n) is 4.42. The largest absolute Gasteiger partial charge is 0.451 e. The molecule has 0 saturated heterocycles. The third-order valence-corrected chi connectivity index (χ3v) is 3.10. The molecule has 0 bridgehead atoms. The van der Waals surface area contributed by atoms with Gasteiger partial charge in [0.15, 0.2) is 6.39 Å². The zero-order valence-corrected chi connectivity index (χ0v) is 11.8. The van der Waals surface area contributed by atoms with Gasteiger partial charge in [-0.1, -0.05) is 0 Å². The topological polar surface area (TPSA) is 58.4 Å². The third kappa shape index (κ3) is 3.60. The van der Waals surface area contributed by atoms with Crippen molar-refractivity contribution in [3.63, 3.8) is 0 Å². The van der Waals surface area contributed by atoms with E-state index >= 15 is 0 Å². The normalized spacial score (nSPS) is 10.3. The molecule has 1 heterocycles. The van der Waals surface area contributed by atoms with Crippen molar-refractivity contribution in [2.45, 2.75) is 20.3 Å². The molecule has 5 nitrogen and oxygen atoms in total. The first-order valence-corrected chi connectivity index (χ1v) is 6.74. The summed E-state index contributed by atoms with van der Waals surface area (Å²) in [5.74, 6) is -0.102. The molecule has 5 heteroatoms. The molecule has 2 rings (SSSR count). The quantitative estimate of drug-likeness (QED) is 0.879. The number of carbonyl (C=O) groups is 1. The lowest BCUT2D eigenvalue weighted by Gasteiger charge is -2.21. The summed E-state index contributed by atoms with van der Waals surface area (Å²) in [5, 5.41) is 2.84. The van der Waals surface area contributed by atoms with Gasteiger partial charge in [0.05, 0.1) is 12.1 Å². The van der Waals surface area contributed by atoms with Crippen LogP contribution >= 0.6 is 0 Å². The standard InChI is InChI=1S/C15H19N3O2/c1-3-18(4-2)14-7-5-12(6-8-14)17-15(19)9-13-10-20-11-16-13/h5-8,10-11H,3-4,9H2,1-2H3,(H,17,19). The number of amides is 1. The molecule has 0 saturated carbocycles. The van der Waals surface area contributed by atoms with E-state index in [4.69, 9.17) is 4.42 Å². The number of hydrogen-bond donors (Lipinski definition) is 1. The average Bonchev–Trinajstić information content (AvgIpc) is 2.94. The van der Waals surface area contributed by atoms with Gasteiger partial charge >= 0.3 is 0 Å². The number of benzene rings is 1. The summed E-state index contributed by atoms with van der Waals surface area (Å²) in [5.41, 5.74) is 2.57. The van der Waals surface area contributed by atoms with Crippen LogP contribution in [0, 0.1) is 0 Å². The minimum atomic E-state index is -0.102. The summed E-state index contributed by atoms with van der Waals surface area (Å²) in [7, 11) is 0. The Morgan fingerprint density at radius 1 is 1.25 bits per heavy atom. The van der Waals surface area contributed by atoms with Crippen LogP contribution in [0.2, 0.25) is 0 Å². The fourth-order valence-corrected chi connectivity index (χ4v) is 2.04. The zero-order chi connectivity index (χ0) is 14.4. The van der Waals surface area contributed by atoms with Gasteiger partial charge in [-0.05, 0) is 38.1 Å². The molecule has 2 aromatic rings. The number of nitrogens with one attached hydrogen (secondary N) is 1. The Labute approximate surface area is 118 Å². The van der Waals surface area contributed by atoms with Gasteiger partial charge in [0.1, 0.15) is 6.26 Å². The molecule has 0 aliphatic heterocycles. The number of hydrogen-bond acceptors (Lipinski definition) is 4. The Balaban J connectivity index is 1.95. The molecule has 1 amide bonds. The number of rotatable bonds is 6. The van der Waals surface area contributed by atoms with E-state index in [1.54, 1.807) is 0 Å². The predicted octanol–water partition coefficient (Wildman–Crippen LogP) is 2.70. The van der Waals surface area contributed by atoms with Crippen LogP contribution in [-0.2, 0) is 11.2 Å². The highest BCUT2D eigenvalue weighted by molar-refractivity contribution is 5.92. The summed E-state index contributed by atoms with van der Waals surface area (Å²) in [6.07, 6.45) is 3.01. The Morgan fingerprint density at radius 3 is 2.50 bits per heavy atom. The van der Waals surface area contributed by atoms with Gasteiger partial charge in [0, 0.05) is 24.5 Å². The summed E-state index contributed by atoms with van der Waals surface area (Å²) < 4.78 is 4.84. The van der Waals surface area contributed by atoms with Crippen molar-refractivity contribution in [1.82, 2.24) is 4.98 Å².